The monoisotopic (exact) mass is 508 g/mol. The van der Waals surface area contributed by atoms with Gasteiger partial charge < -0.3 is 0 Å². The molecule has 0 radical (unpaired) electrons. The largest absolute Gasteiger partial charge is 0.256 e. The third-order valence-electron chi connectivity index (χ3n) is 7.94. The number of pyridine rings is 2. The number of nitrogens with zero attached hydrogens (tertiary/aromatic N) is 2. The predicted octanol–water partition coefficient (Wildman–Crippen LogP) is 10.0. The molecule has 8 aromatic rings. The van der Waals surface area contributed by atoms with Gasteiger partial charge in [0.15, 0.2) is 0 Å². The average Bonchev–Trinajstić information content (AvgIpc) is 3.04. The summed E-state index contributed by atoms with van der Waals surface area (Å²) >= 11 is 0. The molecule has 186 valence electrons. The van der Waals surface area contributed by atoms with E-state index >= 15 is 0 Å². The van der Waals surface area contributed by atoms with Crippen molar-refractivity contribution in [2.24, 2.45) is 0 Å². The smallest absolute Gasteiger partial charge is 0.0708 e. The molecule has 0 bridgehead atoms. The van der Waals surface area contributed by atoms with Crippen molar-refractivity contribution in [2.75, 3.05) is 0 Å². The number of benzene rings is 6. The summed E-state index contributed by atoms with van der Waals surface area (Å²) in [7, 11) is 0. The third-order valence-corrected chi connectivity index (χ3v) is 7.94. The van der Waals surface area contributed by atoms with E-state index in [0.29, 0.717) is 0 Å². The van der Waals surface area contributed by atoms with Crippen LogP contribution in [-0.4, -0.2) is 9.97 Å². The first-order valence-electron chi connectivity index (χ1n) is 13.6. The van der Waals surface area contributed by atoms with Gasteiger partial charge in [0.05, 0.1) is 11.4 Å². The second kappa shape index (κ2) is 9.14. The van der Waals surface area contributed by atoms with E-state index in [1.165, 1.54) is 43.4 Å². The van der Waals surface area contributed by atoms with Gasteiger partial charge in [-0.3, -0.25) is 9.97 Å². The number of aromatic nitrogens is 2. The molecule has 0 saturated carbocycles. The molecule has 0 fully saturated rings. The second-order valence-electron chi connectivity index (χ2n) is 10.2. The molecular formula is C38H24N2. The van der Waals surface area contributed by atoms with Crippen molar-refractivity contribution >= 4 is 32.3 Å². The summed E-state index contributed by atoms with van der Waals surface area (Å²) < 4.78 is 0. The highest BCUT2D eigenvalue weighted by Crippen LogP contribution is 2.43. The molecule has 0 aliphatic rings. The minimum Gasteiger partial charge on any atom is -0.256 e. The molecule has 0 spiro atoms. The summed E-state index contributed by atoms with van der Waals surface area (Å²) in [6.07, 6.45) is 3.96. The van der Waals surface area contributed by atoms with Crippen LogP contribution in [0.15, 0.2) is 146 Å². The fourth-order valence-corrected chi connectivity index (χ4v) is 5.96. The van der Waals surface area contributed by atoms with Crippen molar-refractivity contribution in [1.82, 2.24) is 9.97 Å². The van der Waals surface area contributed by atoms with Gasteiger partial charge in [0.1, 0.15) is 0 Å². The Morgan fingerprint density at radius 2 is 0.850 bits per heavy atom. The van der Waals surface area contributed by atoms with Gasteiger partial charge in [-0.1, -0.05) is 115 Å². The van der Waals surface area contributed by atoms with E-state index in [4.69, 9.17) is 9.97 Å². The predicted molar refractivity (Wildman–Crippen MR) is 167 cm³/mol. The highest BCUT2D eigenvalue weighted by molar-refractivity contribution is 6.28. The van der Waals surface area contributed by atoms with Gasteiger partial charge in [-0.15, -0.1) is 0 Å². The van der Waals surface area contributed by atoms with Crippen molar-refractivity contribution in [3.05, 3.63) is 146 Å². The van der Waals surface area contributed by atoms with Crippen LogP contribution in [0.3, 0.4) is 0 Å². The van der Waals surface area contributed by atoms with Crippen LogP contribution in [-0.2, 0) is 0 Å². The first-order chi connectivity index (χ1) is 19.8. The molecule has 0 unspecified atom stereocenters. The molecule has 0 amide bonds. The summed E-state index contributed by atoms with van der Waals surface area (Å²) in [5, 5.41) is 7.48. The average molecular weight is 509 g/mol. The van der Waals surface area contributed by atoms with E-state index in [9.17, 15) is 0 Å². The number of hydrogen-bond donors (Lipinski definition) is 0. The molecule has 6 aromatic carbocycles. The molecule has 0 aliphatic heterocycles. The van der Waals surface area contributed by atoms with Crippen LogP contribution >= 0.6 is 0 Å². The van der Waals surface area contributed by atoms with Gasteiger partial charge in [-0.25, -0.2) is 0 Å². The Morgan fingerprint density at radius 3 is 1.30 bits per heavy atom. The van der Waals surface area contributed by atoms with E-state index in [-0.39, 0.29) is 0 Å². The lowest BCUT2D eigenvalue weighted by Crippen LogP contribution is -1.94. The molecule has 40 heavy (non-hydrogen) atoms. The minimum atomic E-state index is 0.958. The van der Waals surface area contributed by atoms with Crippen LogP contribution in [0.2, 0.25) is 0 Å². The zero-order valence-corrected chi connectivity index (χ0v) is 21.8. The molecule has 8 rings (SSSR count). The molecule has 2 aromatic heterocycles. The quantitative estimate of drug-likeness (QED) is 0.221. The maximum atomic E-state index is 4.98. The lowest BCUT2D eigenvalue weighted by molar-refractivity contribution is 1.32. The normalized spacial score (nSPS) is 11.5. The van der Waals surface area contributed by atoms with Gasteiger partial charge in [-0.2, -0.15) is 0 Å². The van der Waals surface area contributed by atoms with Crippen molar-refractivity contribution in [3.63, 3.8) is 0 Å². The Labute approximate surface area is 232 Å². The molecule has 0 atom stereocenters. The highest BCUT2D eigenvalue weighted by atomic mass is 14.7. The first-order valence-corrected chi connectivity index (χ1v) is 13.6. The van der Waals surface area contributed by atoms with E-state index in [1.54, 1.807) is 0 Å². The van der Waals surface area contributed by atoms with Gasteiger partial charge in [0.2, 0.25) is 0 Å². The van der Waals surface area contributed by atoms with E-state index < -0.39 is 0 Å². The van der Waals surface area contributed by atoms with Gasteiger partial charge >= 0.3 is 0 Å². The first kappa shape index (κ1) is 22.6. The fraction of sp³-hybridized carbons (Fsp3) is 0. The van der Waals surface area contributed by atoms with E-state index in [2.05, 4.69) is 121 Å². The molecule has 0 aliphatic carbocycles. The molecule has 2 nitrogen and oxygen atoms in total. The van der Waals surface area contributed by atoms with Gasteiger partial charge in [0.25, 0.3) is 0 Å². The summed E-state index contributed by atoms with van der Waals surface area (Å²) in [6.45, 7) is 0. The van der Waals surface area contributed by atoms with Crippen molar-refractivity contribution in [3.8, 4) is 44.8 Å². The fourth-order valence-electron chi connectivity index (χ4n) is 5.96. The molecule has 2 heterocycles. The topological polar surface area (TPSA) is 25.8 Å². The van der Waals surface area contributed by atoms with Crippen molar-refractivity contribution in [2.45, 2.75) is 0 Å². The van der Waals surface area contributed by atoms with Crippen molar-refractivity contribution in [1.29, 1.82) is 0 Å². The van der Waals surface area contributed by atoms with Crippen LogP contribution in [0.25, 0.3) is 77.1 Å². The van der Waals surface area contributed by atoms with Crippen LogP contribution in [0.1, 0.15) is 0 Å². The SMILES string of the molecule is c1ccc(-c2ccc(-c3cc(-c4ccc(-c5ccccc5)cn4)c4ccc5cccc6ccc3c4c65)nc2)cc1. The highest BCUT2D eigenvalue weighted by Gasteiger charge is 2.18. The third kappa shape index (κ3) is 3.65. The Balaban J connectivity index is 1.36. The molecule has 0 saturated heterocycles. The Bertz CT molecular complexity index is 1970. The second-order valence-corrected chi connectivity index (χ2v) is 10.2. The summed E-state index contributed by atoms with van der Waals surface area (Å²) in [5.41, 5.74) is 8.71. The van der Waals surface area contributed by atoms with E-state index in [0.717, 1.165) is 33.6 Å². The lowest BCUT2D eigenvalue weighted by Gasteiger charge is -2.17. The maximum Gasteiger partial charge on any atom is 0.0708 e. The molecule has 0 N–H and O–H groups in total. The number of rotatable bonds is 4. The standard InChI is InChI=1S/C38H24N2/c1-3-8-25(9-4-1)29-16-20-35(39-23-29)33-22-34(36-21-17-30(24-40-36)26-10-5-2-6-11-26)32-19-15-28-13-7-12-27-14-18-31(33)38(32)37(27)28/h1-24H. The summed E-state index contributed by atoms with van der Waals surface area (Å²) in [6, 6.07) is 47.2. The van der Waals surface area contributed by atoms with Crippen LogP contribution in [0, 0.1) is 0 Å². The van der Waals surface area contributed by atoms with Crippen LogP contribution in [0.4, 0.5) is 0 Å². The Kier molecular flexibility index (Phi) is 5.17. The van der Waals surface area contributed by atoms with Crippen LogP contribution < -0.4 is 0 Å². The minimum absolute atomic E-state index is 0.958. The maximum absolute atomic E-state index is 4.98. The van der Waals surface area contributed by atoms with Crippen molar-refractivity contribution < 1.29 is 0 Å². The zero-order chi connectivity index (χ0) is 26.5. The van der Waals surface area contributed by atoms with Gasteiger partial charge in [-0.05, 0) is 61.6 Å². The Morgan fingerprint density at radius 1 is 0.350 bits per heavy atom. The lowest BCUT2D eigenvalue weighted by atomic mass is 9.87. The zero-order valence-electron chi connectivity index (χ0n) is 21.8. The van der Waals surface area contributed by atoms with Gasteiger partial charge in [0, 0.05) is 34.6 Å². The Hall–Kier alpha value is -5.34. The summed E-state index contributed by atoms with van der Waals surface area (Å²) in [4.78, 5) is 9.95. The van der Waals surface area contributed by atoms with Crippen LogP contribution in [0.5, 0.6) is 0 Å². The number of hydrogen-bond acceptors (Lipinski definition) is 2. The van der Waals surface area contributed by atoms with E-state index in [1.807, 2.05) is 24.5 Å². The molecule has 2 heteroatoms. The summed E-state index contributed by atoms with van der Waals surface area (Å²) in [5.74, 6) is 0. The molecular weight excluding hydrogens is 484 g/mol.